The van der Waals surface area contributed by atoms with Gasteiger partial charge in [0.15, 0.2) is 0 Å². The van der Waals surface area contributed by atoms with Crippen molar-refractivity contribution in [1.82, 2.24) is 0 Å². The molecule has 1 saturated heterocycles. The second kappa shape index (κ2) is 4.23. The third kappa shape index (κ3) is 3.02. The van der Waals surface area contributed by atoms with Crippen LogP contribution in [-0.2, 0) is 9.59 Å². The highest BCUT2D eigenvalue weighted by Gasteiger charge is 2.28. The fraction of sp³-hybridized carbons (Fsp3) is 0.750. The van der Waals surface area contributed by atoms with Crippen molar-refractivity contribution < 1.29 is 25.1 Å². The summed E-state index contributed by atoms with van der Waals surface area (Å²) in [5.74, 6) is -2.14. The van der Waals surface area contributed by atoms with Gasteiger partial charge in [-0.25, -0.2) is 0 Å². The molecule has 0 aromatic heterocycles. The van der Waals surface area contributed by atoms with Crippen molar-refractivity contribution in [1.29, 1.82) is 0 Å². The zero-order valence-corrected chi connectivity index (χ0v) is 7.19. The van der Waals surface area contributed by atoms with Gasteiger partial charge in [-0.1, -0.05) is 0 Å². The average Bonchev–Trinajstić information content (AvgIpc) is 2.48. The molecule has 1 fully saturated rings. The Balaban J connectivity index is 2.25. The molecule has 1 aliphatic heterocycles. The van der Waals surface area contributed by atoms with Gasteiger partial charge in [0.2, 0.25) is 0 Å². The zero-order valence-electron chi connectivity index (χ0n) is 7.19. The predicted molar refractivity (Wildman–Crippen MR) is 38.0 cm³/mol. The Bertz CT molecular complexity index is 216. The summed E-state index contributed by atoms with van der Waals surface area (Å²) in [7, 11) is 0. The first-order chi connectivity index (χ1) is 6.09. The molecule has 0 spiro atoms. The summed E-state index contributed by atoms with van der Waals surface area (Å²) in [5, 5.41) is 22.2. The second-order valence-electron chi connectivity index (χ2n) is 3.37. The quantitative estimate of drug-likeness (QED) is 0.489. The number of hydrogen-bond donors (Lipinski definition) is 1. The lowest BCUT2D eigenvalue weighted by molar-refractivity contribution is -0.696. The van der Waals surface area contributed by atoms with Crippen LogP contribution in [0.4, 0.5) is 0 Å². The van der Waals surface area contributed by atoms with Crippen molar-refractivity contribution in [2.24, 2.45) is 0 Å². The van der Waals surface area contributed by atoms with E-state index in [9.17, 15) is 19.8 Å². The van der Waals surface area contributed by atoms with Gasteiger partial charge < -0.3 is 25.1 Å². The van der Waals surface area contributed by atoms with Crippen molar-refractivity contribution in [3.05, 3.63) is 0 Å². The molecule has 0 radical (unpaired) electrons. The first-order valence-corrected chi connectivity index (χ1v) is 4.35. The normalized spacial score (nSPS) is 27.4. The van der Waals surface area contributed by atoms with E-state index in [0.717, 1.165) is 6.42 Å². The van der Waals surface area contributed by atoms with Crippen LogP contribution in [0.1, 0.15) is 25.7 Å². The molecule has 2 atom stereocenters. The van der Waals surface area contributed by atoms with Crippen LogP contribution in [0, 0.1) is 0 Å². The molecular formula is C8H12NO4-. The maximum absolute atomic E-state index is 10.4. The summed E-state index contributed by atoms with van der Waals surface area (Å²) in [6.07, 6.45) is 1.79. The van der Waals surface area contributed by atoms with Gasteiger partial charge >= 0.3 is 0 Å². The number of carbonyl (C=O) groups is 2. The monoisotopic (exact) mass is 186 g/mol. The van der Waals surface area contributed by atoms with Crippen LogP contribution in [-0.4, -0.2) is 24.0 Å². The summed E-state index contributed by atoms with van der Waals surface area (Å²) in [6.45, 7) is 0. The Morgan fingerprint density at radius 1 is 1.31 bits per heavy atom. The number of hydrogen-bond acceptors (Lipinski definition) is 4. The topological polar surface area (TPSA) is 96.9 Å². The summed E-state index contributed by atoms with van der Waals surface area (Å²) >= 11 is 0. The van der Waals surface area contributed by atoms with E-state index < -0.39 is 18.0 Å². The van der Waals surface area contributed by atoms with E-state index in [1.165, 1.54) is 0 Å². The van der Waals surface area contributed by atoms with Gasteiger partial charge in [0.1, 0.15) is 6.04 Å². The van der Waals surface area contributed by atoms with E-state index in [2.05, 4.69) is 0 Å². The summed E-state index contributed by atoms with van der Waals surface area (Å²) < 4.78 is 0. The van der Waals surface area contributed by atoms with Gasteiger partial charge in [-0.3, -0.25) is 0 Å². The fourth-order valence-corrected chi connectivity index (χ4v) is 1.65. The molecule has 5 nitrogen and oxygen atoms in total. The molecule has 1 aliphatic rings. The molecule has 0 aliphatic carbocycles. The molecule has 0 aromatic carbocycles. The van der Waals surface area contributed by atoms with Crippen molar-refractivity contribution >= 4 is 11.9 Å². The molecule has 13 heavy (non-hydrogen) atoms. The number of carboxylic acids is 2. The van der Waals surface area contributed by atoms with E-state index in [4.69, 9.17) is 0 Å². The highest BCUT2D eigenvalue weighted by Crippen LogP contribution is 2.08. The van der Waals surface area contributed by atoms with Crippen molar-refractivity contribution in [2.45, 2.75) is 37.8 Å². The lowest BCUT2D eigenvalue weighted by atomic mass is 10.1. The van der Waals surface area contributed by atoms with E-state index in [1.54, 1.807) is 5.32 Å². The molecule has 2 N–H and O–H groups in total. The molecule has 0 aromatic rings. The fourth-order valence-electron chi connectivity index (χ4n) is 1.65. The van der Waals surface area contributed by atoms with Gasteiger partial charge in [0, 0.05) is 25.2 Å². The van der Waals surface area contributed by atoms with Gasteiger partial charge in [0.05, 0.1) is 12.0 Å². The molecule has 74 valence electrons. The lowest BCUT2D eigenvalue weighted by Gasteiger charge is -2.11. The minimum Gasteiger partial charge on any atom is -0.550 e. The van der Waals surface area contributed by atoms with Crippen LogP contribution in [0.3, 0.4) is 0 Å². The smallest absolute Gasteiger partial charge is 0.126 e. The van der Waals surface area contributed by atoms with Crippen molar-refractivity contribution in [3.8, 4) is 0 Å². The highest BCUT2D eigenvalue weighted by atomic mass is 16.4. The van der Waals surface area contributed by atoms with Gasteiger partial charge in [-0.05, 0) is 6.42 Å². The Hall–Kier alpha value is -1.10. The number of quaternary nitrogens is 1. The minimum absolute atomic E-state index is 0.000927. The zero-order chi connectivity index (χ0) is 9.84. The Morgan fingerprint density at radius 2 is 2.00 bits per heavy atom. The Morgan fingerprint density at radius 3 is 2.46 bits per heavy atom. The van der Waals surface area contributed by atoms with E-state index in [1.807, 2.05) is 0 Å². The van der Waals surface area contributed by atoms with E-state index in [0.29, 0.717) is 12.8 Å². The average molecular weight is 186 g/mol. The van der Waals surface area contributed by atoms with Crippen molar-refractivity contribution in [2.75, 3.05) is 0 Å². The van der Waals surface area contributed by atoms with E-state index in [-0.39, 0.29) is 12.5 Å². The number of nitrogens with two attached hydrogens (primary N) is 1. The number of carboxylic acid groups (broad SMARTS) is 2. The van der Waals surface area contributed by atoms with E-state index >= 15 is 0 Å². The third-order valence-corrected chi connectivity index (χ3v) is 2.37. The Kier molecular flexibility index (Phi) is 3.25. The van der Waals surface area contributed by atoms with Gasteiger partial charge in [-0.15, -0.1) is 0 Å². The minimum atomic E-state index is -1.08. The standard InChI is InChI=1S/C8H13NO4/c10-7(11)4-2-5-1-3-6(9-5)8(12)13/h5-6,9H,1-4H2,(H,10,11)(H,12,13)/p-1/t5-,6-/m0/s1. The first kappa shape index (κ1) is 9.98. The van der Waals surface area contributed by atoms with Crippen LogP contribution < -0.4 is 15.5 Å². The largest absolute Gasteiger partial charge is 0.550 e. The summed E-state index contributed by atoms with van der Waals surface area (Å²) in [4.78, 5) is 20.5. The van der Waals surface area contributed by atoms with Crippen LogP contribution in [0.25, 0.3) is 0 Å². The molecule has 5 heteroatoms. The molecule has 0 saturated carbocycles. The van der Waals surface area contributed by atoms with Crippen molar-refractivity contribution in [3.63, 3.8) is 0 Å². The third-order valence-electron chi connectivity index (χ3n) is 2.37. The van der Waals surface area contributed by atoms with Crippen LogP contribution in [0.15, 0.2) is 0 Å². The molecule has 1 heterocycles. The maximum Gasteiger partial charge on any atom is 0.126 e. The first-order valence-electron chi connectivity index (χ1n) is 4.35. The number of carbonyl (C=O) groups excluding carboxylic acids is 2. The predicted octanol–water partition coefficient (Wildman–Crippen LogP) is -3.64. The molecule has 0 unspecified atom stereocenters. The lowest BCUT2D eigenvalue weighted by Crippen LogP contribution is -2.94. The number of rotatable bonds is 4. The maximum atomic E-state index is 10.4. The van der Waals surface area contributed by atoms with Crippen LogP contribution in [0.5, 0.6) is 0 Å². The molecule has 0 amide bonds. The second-order valence-corrected chi connectivity index (χ2v) is 3.37. The number of aliphatic carboxylic acids is 2. The van der Waals surface area contributed by atoms with Gasteiger partial charge in [-0.2, -0.15) is 0 Å². The van der Waals surface area contributed by atoms with Gasteiger partial charge in [0.25, 0.3) is 0 Å². The highest BCUT2D eigenvalue weighted by molar-refractivity contribution is 5.69. The summed E-state index contributed by atoms with van der Waals surface area (Å²) in [6, 6.07) is -0.396. The molecule has 0 bridgehead atoms. The summed E-state index contributed by atoms with van der Waals surface area (Å²) in [5.41, 5.74) is 0. The molecular weight excluding hydrogens is 174 g/mol. The van der Waals surface area contributed by atoms with Crippen LogP contribution in [0.2, 0.25) is 0 Å². The Labute approximate surface area is 75.7 Å². The SMILES string of the molecule is O=C([O-])CC[C@@H]1CC[C@@H](C(=O)[O-])[NH2+]1. The van der Waals surface area contributed by atoms with Crippen LogP contribution >= 0.6 is 0 Å². The molecule has 1 rings (SSSR count).